The smallest absolute Gasteiger partial charge is 0.269 e. The van der Waals surface area contributed by atoms with E-state index in [2.05, 4.69) is 32.6 Å². The van der Waals surface area contributed by atoms with Crippen LogP contribution in [-0.4, -0.2) is 45.6 Å². The van der Waals surface area contributed by atoms with Crippen LogP contribution in [0.4, 0.5) is 4.39 Å². The summed E-state index contributed by atoms with van der Waals surface area (Å²) in [5.41, 5.74) is 2.86. The van der Waals surface area contributed by atoms with E-state index in [1.165, 1.54) is 32.4 Å². The first kappa shape index (κ1) is 25.7. The molecule has 1 aromatic carbocycles. The fraction of sp³-hybridized carbons (Fsp3) is 0.200. The Labute approximate surface area is 231 Å². The number of aryl methyl sites for hydroxylation is 2. The van der Waals surface area contributed by atoms with Crippen molar-refractivity contribution in [1.29, 1.82) is 0 Å². The van der Waals surface area contributed by atoms with Crippen molar-refractivity contribution in [3.8, 4) is 22.9 Å². The molecule has 12 heteroatoms. The minimum absolute atomic E-state index is 0.0113. The van der Waals surface area contributed by atoms with Gasteiger partial charge >= 0.3 is 0 Å². The molecule has 0 radical (unpaired) electrons. The number of methoxy groups -OCH3 is 2. The normalized spacial score (nSPS) is 11.9. The highest BCUT2D eigenvalue weighted by Crippen LogP contribution is 2.40. The third-order valence-electron chi connectivity index (χ3n) is 6.04. The van der Waals surface area contributed by atoms with Crippen LogP contribution in [0.5, 0.6) is 11.6 Å². The predicted octanol–water partition coefficient (Wildman–Crippen LogP) is 5.84. The molecule has 0 fully saturated rings. The van der Waals surface area contributed by atoms with Crippen LogP contribution < -0.4 is 9.47 Å². The minimum atomic E-state index is -4.17. The first-order chi connectivity index (χ1) is 17.7. The van der Waals surface area contributed by atoms with E-state index < -0.39 is 15.8 Å². The van der Waals surface area contributed by atoms with Gasteiger partial charge in [-0.2, -0.15) is 0 Å². The summed E-state index contributed by atoms with van der Waals surface area (Å²) in [5, 5.41) is -0.0464. The maximum absolute atomic E-state index is 14.4. The molecule has 0 spiro atoms. The van der Waals surface area contributed by atoms with Crippen molar-refractivity contribution < 1.29 is 22.3 Å². The van der Waals surface area contributed by atoms with Gasteiger partial charge in [-0.25, -0.2) is 26.7 Å². The van der Waals surface area contributed by atoms with Gasteiger partial charge in [0.25, 0.3) is 15.9 Å². The topological polar surface area (TPSA) is 88.2 Å². The molecule has 0 aliphatic carbocycles. The van der Waals surface area contributed by atoms with Gasteiger partial charge in [0.1, 0.15) is 5.52 Å². The van der Waals surface area contributed by atoms with E-state index in [9.17, 15) is 12.8 Å². The Morgan fingerprint density at radius 2 is 1.86 bits per heavy atom. The number of aromatic nitrogens is 4. The third-order valence-corrected chi connectivity index (χ3v) is 8.62. The van der Waals surface area contributed by atoms with Crippen molar-refractivity contribution in [3.63, 3.8) is 0 Å². The average Bonchev–Trinajstić information content (AvgIpc) is 3.45. The van der Waals surface area contributed by atoms with Crippen LogP contribution in [0.2, 0.25) is 5.02 Å². The van der Waals surface area contributed by atoms with Gasteiger partial charge in [-0.15, -0.1) is 0 Å². The Bertz CT molecular complexity index is 1770. The summed E-state index contributed by atoms with van der Waals surface area (Å²) in [6, 6.07) is 9.80. The number of ether oxygens (including phenoxy) is 2. The second-order valence-corrected chi connectivity index (χ2v) is 11.5. The summed E-state index contributed by atoms with van der Waals surface area (Å²) in [5.74, 6) is -0.0637. The van der Waals surface area contributed by atoms with Gasteiger partial charge in [-0.1, -0.05) is 51.9 Å². The van der Waals surface area contributed by atoms with Gasteiger partial charge in [-0.05, 0) is 25.1 Å². The highest BCUT2D eigenvalue weighted by atomic mass is 127. The maximum atomic E-state index is 14.4. The van der Waals surface area contributed by atoms with Gasteiger partial charge in [0.2, 0.25) is 0 Å². The Hall–Kier alpha value is -2.90. The van der Waals surface area contributed by atoms with Crippen LogP contribution in [0.15, 0.2) is 53.7 Å². The predicted molar refractivity (Wildman–Crippen MR) is 149 cm³/mol. The number of hydrogen-bond acceptors (Lipinski definition) is 6. The molecular formula is C25H21ClFIN4O4S. The molecule has 4 aromatic heterocycles. The second kappa shape index (κ2) is 9.76. The molecule has 192 valence electrons. The molecule has 0 aliphatic heterocycles. The van der Waals surface area contributed by atoms with E-state index in [0.29, 0.717) is 23.4 Å². The summed E-state index contributed by atoms with van der Waals surface area (Å²) < 4.78 is 57.1. The zero-order valence-electron chi connectivity index (χ0n) is 20.0. The standard InChI is InChI=1S/C25H21ClFIN4O4S/c1-14-4-6-15(7-5-14)37(33,34)32-19(10-16-22(26)18(27)12-29-24(16)32)17-13-31(9-8-28)20-11-21(35-2)25(36-3)30-23(17)20/h4-7,10-13H,8-9H2,1-3H3. The van der Waals surface area contributed by atoms with Crippen LogP contribution in [0.3, 0.4) is 0 Å². The molecule has 37 heavy (non-hydrogen) atoms. The number of nitrogens with zero attached hydrogens (tertiary/aromatic N) is 4. The zero-order chi connectivity index (χ0) is 26.5. The van der Waals surface area contributed by atoms with E-state index in [0.717, 1.165) is 25.7 Å². The number of pyridine rings is 2. The number of hydrogen-bond donors (Lipinski definition) is 0. The van der Waals surface area contributed by atoms with Gasteiger partial charge in [0.15, 0.2) is 17.2 Å². The first-order valence-electron chi connectivity index (χ1n) is 11.1. The van der Waals surface area contributed by atoms with Crippen molar-refractivity contribution >= 4 is 66.3 Å². The summed E-state index contributed by atoms with van der Waals surface area (Å²) in [7, 11) is -1.17. The molecule has 0 atom stereocenters. The van der Waals surface area contributed by atoms with Gasteiger partial charge in [0.05, 0.1) is 41.5 Å². The van der Waals surface area contributed by atoms with Crippen LogP contribution >= 0.6 is 34.2 Å². The number of alkyl halides is 1. The fourth-order valence-corrected chi connectivity index (χ4v) is 6.43. The van der Waals surface area contributed by atoms with Crippen LogP contribution in [0.25, 0.3) is 33.3 Å². The molecule has 5 rings (SSSR count). The molecule has 0 saturated heterocycles. The molecule has 5 aromatic rings. The zero-order valence-corrected chi connectivity index (χ0v) is 23.7. The molecule has 0 amide bonds. The van der Waals surface area contributed by atoms with Gasteiger partial charge in [0, 0.05) is 34.2 Å². The number of halogens is 3. The Morgan fingerprint density at radius 1 is 1.14 bits per heavy atom. The quantitative estimate of drug-likeness (QED) is 0.162. The second-order valence-electron chi connectivity index (χ2n) is 8.26. The van der Waals surface area contributed by atoms with E-state index in [1.54, 1.807) is 18.2 Å². The first-order valence-corrected chi connectivity index (χ1v) is 14.4. The van der Waals surface area contributed by atoms with Crippen LogP contribution in [0.1, 0.15) is 5.56 Å². The summed E-state index contributed by atoms with van der Waals surface area (Å²) >= 11 is 8.56. The van der Waals surface area contributed by atoms with Crippen molar-refractivity contribution in [1.82, 2.24) is 18.5 Å². The summed E-state index contributed by atoms with van der Waals surface area (Å²) in [6.45, 7) is 2.50. The van der Waals surface area contributed by atoms with E-state index in [1.807, 2.05) is 17.7 Å². The monoisotopic (exact) mass is 654 g/mol. The van der Waals surface area contributed by atoms with Crippen LogP contribution in [0, 0.1) is 12.7 Å². The van der Waals surface area contributed by atoms with E-state index in [4.69, 9.17) is 21.1 Å². The Balaban J connectivity index is 1.91. The van der Waals surface area contributed by atoms with Gasteiger partial charge in [-0.3, -0.25) is 0 Å². The van der Waals surface area contributed by atoms with Crippen LogP contribution in [-0.2, 0) is 16.6 Å². The lowest BCUT2D eigenvalue weighted by Crippen LogP contribution is -2.15. The fourth-order valence-electron chi connectivity index (χ4n) is 4.24. The Kier molecular flexibility index (Phi) is 6.79. The Morgan fingerprint density at radius 3 is 2.51 bits per heavy atom. The largest absolute Gasteiger partial charge is 0.491 e. The number of fused-ring (bicyclic) bond motifs is 2. The summed E-state index contributed by atoms with van der Waals surface area (Å²) in [4.78, 5) is 8.85. The lowest BCUT2D eigenvalue weighted by molar-refractivity contribution is 0.344. The average molecular weight is 655 g/mol. The molecule has 0 aliphatic rings. The molecular weight excluding hydrogens is 634 g/mol. The number of rotatable bonds is 7. The van der Waals surface area contributed by atoms with E-state index >= 15 is 0 Å². The molecule has 8 nitrogen and oxygen atoms in total. The van der Waals surface area contributed by atoms with Crippen molar-refractivity contribution in [2.24, 2.45) is 0 Å². The SMILES string of the molecule is COc1cc2c(nc1OC)c(-c1cc3c(Cl)c(F)cnc3n1S(=O)(=O)c1ccc(C)cc1)cn2CCI. The van der Waals surface area contributed by atoms with Crippen molar-refractivity contribution in [2.75, 3.05) is 18.6 Å². The molecule has 4 heterocycles. The lowest BCUT2D eigenvalue weighted by atomic mass is 10.2. The third kappa shape index (κ3) is 4.22. The molecule has 0 saturated carbocycles. The van der Waals surface area contributed by atoms with Gasteiger partial charge < -0.3 is 14.0 Å². The lowest BCUT2D eigenvalue weighted by Gasteiger charge is -2.12. The van der Waals surface area contributed by atoms with Crippen molar-refractivity contribution in [3.05, 3.63) is 65.2 Å². The number of benzene rings is 1. The highest BCUT2D eigenvalue weighted by molar-refractivity contribution is 14.1. The molecule has 0 N–H and O–H groups in total. The maximum Gasteiger partial charge on any atom is 0.269 e. The van der Waals surface area contributed by atoms with Crippen molar-refractivity contribution in [2.45, 2.75) is 18.4 Å². The highest BCUT2D eigenvalue weighted by Gasteiger charge is 2.29. The molecule has 0 bridgehead atoms. The van der Waals surface area contributed by atoms with E-state index in [-0.39, 0.29) is 32.5 Å². The summed E-state index contributed by atoms with van der Waals surface area (Å²) in [6.07, 6.45) is 2.73. The minimum Gasteiger partial charge on any atom is -0.491 e. The molecule has 0 unspecified atom stereocenters.